The molecule has 0 bridgehead atoms. The van der Waals surface area contributed by atoms with Crippen molar-refractivity contribution < 1.29 is 0 Å². The smallest absolute Gasteiger partial charge is 0.0900 e. The van der Waals surface area contributed by atoms with Gasteiger partial charge in [-0.1, -0.05) is 54.6 Å². The number of thiazole rings is 1. The molecule has 3 aromatic rings. The molecule has 0 aliphatic carbocycles. The van der Waals surface area contributed by atoms with Crippen LogP contribution in [0.15, 0.2) is 54.6 Å². The van der Waals surface area contributed by atoms with Gasteiger partial charge in [0.05, 0.1) is 16.7 Å². The second-order valence-electron chi connectivity index (χ2n) is 5.15. The van der Waals surface area contributed by atoms with Gasteiger partial charge < -0.3 is 5.73 Å². The topological polar surface area (TPSA) is 38.9 Å². The highest BCUT2D eigenvalue weighted by Crippen LogP contribution is 2.29. The predicted octanol–water partition coefficient (Wildman–Crippen LogP) is 4.48. The Bertz CT molecular complexity index is 730. The lowest BCUT2D eigenvalue weighted by Crippen LogP contribution is -2.11. The van der Waals surface area contributed by atoms with Crippen LogP contribution in [-0.4, -0.2) is 4.98 Å². The minimum absolute atomic E-state index is 0.0963. The van der Waals surface area contributed by atoms with Crippen molar-refractivity contribution in [2.24, 2.45) is 5.73 Å². The first-order chi connectivity index (χ1) is 10.1. The van der Waals surface area contributed by atoms with Gasteiger partial charge in [-0.25, -0.2) is 4.98 Å². The molecule has 1 aromatic heterocycles. The lowest BCUT2D eigenvalue weighted by Gasteiger charge is -2.12. The van der Waals surface area contributed by atoms with E-state index in [9.17, 15) is 0 Å². The number of nitrogens with zero attached hydrogens (tertiary/aromatic N) is 1. The zero-order valence-corrected chi connectivity index (χ0v) is 13.0. The Morgan fingerprint density at radius 2 is 1.52 bits per heavy atom. The van der Waals surface area contributed by atoms with Crippen LogP contribution in [0.4, 0.5) is 0 Å². The fourth-order valence-corrected chi connectivity index (χ4v) is 3.46. The molecule has 0 saturated carbocycles. The van der Waals surface area contributed by atoms with E-state index in [0.29, 0.717) is 0 Å². The second kappa shape index (κ2) is 5.80. The first kappa shape index (κ1) is 14.0. The van der Waals surface area contributed by atoms with Crippen molar-refractivity contribution in [2.45, 2.75) is 19.9 Å². The molecule has 2 aromatic carbocycles. The van der Waals surface area contributed by atoms with Gasteiger partial charge in [0, 0.05) is 4.88 Å². The molecule has 2 N–H and O–H groups in total. The number of aryl methyl sites for hydroxylation is 2. The summed E-state index contributed by atoms with van der Waals surface area (Å²) in [5.74, 6) is 0. The molecule has 0 saturated heterocycles. The average molecular weight is 294 g/mol. The van der Waals surface area contributed by atoms with Gasteiger partial charge >= 0.3 is 0 Å². The lowest BCUT2D eigenvalue weighted by molar-refractivity contribution is 0.877. The van der Waals surface area contributed by atoms with Crippen molar-refractivity contribution in [2.75, 3.05) is 0 Å². The molecule has 0 spiro atoms. The highest BCUT2D eigenvalue weighted by molar-refractivity contribution is 7.11. The van der Waals surface area contributed by atoms with E-state index < -0.39 is 0 Å². The fourth-order valence-electron chi connectivity index (χ4n) is 2.50. The molecule has 21 heavy (non-hydrogen) atoms. The van der Waals surface area contributed by atoms with Crippen LogP contribution in [0.25, 0.3) is 11.1 Å². The summed E-state index contributed by atoms with van der Waals surface area (Å²) in [7, 11) is 0. The van der Waals surface area contributed by atoms with Crippen LogP contribution in [-0.2, 0) is 0 Å². The Labute approximate surface area is 129 Å². The van der Waals surface area contributed by atoms with E-state index in [1.165, 1.54) is 11.1 Å². The molecule has 1 atom stereocenters. The molecule has 0 aliphatic rings. The average Bonchev–Trinajstić information content (AvgIpc) is 2.86. The normalized spacial score (nSPS) is 12.3. The molecule has 0 fully saturated rings. The third kappa shape index (κ3) is 2.89. The molecule has 0 aliphatic heterocycles. The SMILES string of the molecule is Cc1nc(C)c(C(N)c2ccc(-c3ccccc3)cc2)s1. The standard InChI is InChI=1S/C18H18N2S/c1-12-18(21-13(2)20-12)17(19)16-10-8-15(9-11-16)14-6-4-3-5-7-14/h3-11,17H,19H2,1-2H3. The van der Waals surface area contributed by atoms with Gasteiger partial charge in [0.15, 0.2) is 0 Å². The minimum Gasteiger partial charge on any atom is -0.320 e. The van der Waals surface area contributed by atoms with Crippen molar-refractivity contribution in [1.82, 2.24) is 4.98 Å². The Morgan fingerprint density at radius 3 is 2.10 bits per heavy atom. The van der Waals surface area contributed by atoms with Gasteiger partial charge in [0.1, 0.15) is 0 Å². The van der Waals surface area contributed by atoms with Crippen LogP contribution < -0.4 is 5.73 Å². The largest absolute Gasteiger partial charge is 0.320 e. The quantitative estimate of drug-likeness (QED) is 0.773. The molecule has 3 heteroatoms. The Kier molecular flexibility index (Phi) is 3.86. The van der Waals surface area contributed by atoms with E-state index >= 15 is 0 Å². The maximum absolute atomic E-state index is 6.39. The van der Waals surface area contributed by atoms with Crippen molar-refractivity contribution in [3.8, 4) is 11.1 Å². The number of benzene rings is 2. The van der Waals surface area contributed by atoms with Crippen LogP contribution in [0.3, 0.4) is 0 Å². The van der Waals surface area contributed by atoms with Crippen LogP contribution >= 0.6 is 11.3 Å². The summed E-state index contributed by atoms with van der Waals surface area (Å²) in [5.41, 5.74) is 11.0. The molecular weight excluding hydrogens is 276 g/mol. The van der Waals surface area contributed by atoms with Crippen molar-refractivity contribution in [3.63, 3.8) is 0 Å². The van der Waals surface area contributed by atoms with Crippen LogP contribution in [0.5, 0.6) is 0 Å². The van der Waals surface area contributed by atoms with Gasteiger partial charge in [0.25, 0.3) is 0 Å². The summed E-state index contributed by atoms with van der Waals surface area (Å²) >= 11 is 1.68. The van der Waals surface area contributed by atoms with Crippen molar-refractivity contribution >= 4 is 11.3 Å². The van der Waals surface area contributed by atoms with Crippen LogP contribution in [0.2, 0.25) is 0 Å². The first-order valence-electron chi connectivity index (χ1n) is 7.00. The van der Waals surface area contributed by atoms with E-state index in [4.69, 9.17) is 5.73 Å². The highest BCUT2D eigenvalue weighted by Gasteiger charge is 2.15. The molecule has 2 nitrogen and oxygen atoms in total. The summed E-state index contributed by atoms with van der Waals surface area (Å²) in [4.78, 5) is 5.61. The van der Waals surface area contributed by atoms with E-state index in [0.717, 1.165) is 21.1 Å². The lowest BCUT2D eigenvalue weighted by atomic mass is 10.00. The van der Waals surface area contributed by atoms with Crippen LogP contribution in [0, 0.1) is 13.8 Å². The summed E-state index contributed by atoms with van der Waals surface area (Å²) < 4.78 is 0. The molecular formula is C18H18N2S. The third-order valence-corrected chi connectivity index (χ3v) is 4.75. The summed E-state index contributed by atoms with van der Waals surface area (Å²) in [6.45, 7) is 4.05. The number of nitrogens with two attached hydrogens (primary N) is 1. The first-order valence-corrected chi connectivity index (χ1v) is 7.81. The van der Waals surface area contributed by atoms with Gasteiger partial charge in [-0.15, -0.1) is 11.3 Å². The fraction of sp³-hybridized carbons (Fsp3) is 0.167. The molecule has 0 radical (unpaired) electrons. The van der Waals surface area contributed by atoms with Gasteiger partial charge in [-0.05, 0) is 30.5 Å². The molecule has 1 unspecified atom stereocenters. The zero-order chi connectivity index (χ0) is 14.8. The second-order valence-corrected chi connectivity index (χ2v) is 6.38. The molecule has 3 rings (SSSR count). The van der Waals surface area contributed by atoms with E-state index in [1.807, 2.05) is 19.9 Å². The number of hydrogen-bond donors (Lipinski definition) is 1. The summed E-state index contributed by atoms with van der Waals surface area (Å²) in [6.07, 6.45) is 0. The number of aromatic nitrogens is 1. The maximum atomic E-state index is 6.39. The molecule has 1 heterocycles. The Morgan fingerprint density at radius 1 is 0.905 bits per heavy atom. The third-order valence-electron chi connectivity index (χ3n) is 3.60. The Balaban J connectivity index is 1.89. The van der Waals surface area contributed by atoms with Gasteiger partial charge in [-0.2, -0.15) is 0 Å². The van der Waals surface area contributed by atoms with Gasteiger partial charge in [0.2, 0.25) is 0 Å². The van der Waals surface area contributed by atoms with Crippen molar-refractivity contribution in [1.29, 1.82) is 0 Å². The van der Waals surface area contributed by atoms with E-state index in [-0.39, 0.29) is 6.04 Å². The summed E-state index contributed by atoms with van der Waals surface area (Å²) in [5, 5.41) is 1.07. The number of rotatable bonds is 3. The molecule has 0 amide bonds. The monoisotopic (exact) mass is 294 g/mol. The van der Waals surface area contributed by atoms with E-state index in [1.54, 1.807) is 11.3 Å². The summed E-state index contributed by atoms with van der Waals surface area (Å²) in [6, 6.07) is 18.8. The van der Waals surface area contributed by atoms with Gasteiger partial charge in [-0.3, -0.25) is 0 Å². The van der Waals surface area contributed by atoms with Crippen LogP contribution in [0.1, 0.15) is 27.2 Å². The predicted molar refractivity (Wildman–Crippen MR) is 89.5 cm³/mol. The maximum Gasteiger partial charge on any atom is 0.0900 e. The van der Waals surface area contributed by atoms with E-state index in [2.05, 4.69) is 53.5 Å². The van der Waals surface area contributed by atoms with Crippen molar-refractivity contribution in [3.05, 3.63) is 75.7 Å². The minimum atomic E-state index is -0.0963. The highest BCUT2D eigenvalue weighted by atomic mass is 32.1. The molecule has 106 valence electrons. The number of hydrogen-bond acceptors (Lipinski definition) is 3. The Hall–Kier alpha value is -1.97. The zero-order valence-electron chi connectivity index (χ0n) is 12.2.